The van der Waals surface area contributed by atoms with Crippen molar-refractivity contribution in [3.8, 4) is 0 Å². The Labute approximate surface area is 151 Å². The molecular formula is C20H31N3O2. The van der Waals surface area contributed by atoms with Crippen LogP contribution in [0.5, 0.6) is 0 Å². The highest BCUT2D eigenvalue weighted by atomic mass is 16.2. The molecule has 138 valence electrons. The van der Waals surface area contributed by atoms with Crippen molar-refractivity contribution in [1.29, 1.82) is 0 Å². The molecule has 0 aliphatic carbocycles. The van der Waals surface area contributed by atoms with Gasteiger partial charge < -0.3 is 15.5 Å². The van der Waals surface area contributed by atoms with Gasteiger partial charge in [0.2, 0.25) is 5.91 Å². The van der Waals surface area contributed by atoms with Crippen LogP contribution < -0.4 is 10.6 Å². The van der Waals surface area contributed by atoms with Gasteiger partial charge in [-0.1, -0.05) is 26.0 Å². The van der Waals surface area contributed by atoms with Gasteiger partial charge in [0, 0.05) is 24.7 Å². The fraction of sp³-hybridized carbons (Fsp3) is 0.500. The molecule has 2 N–H and O–H groups in total. The molecule has 0 spiro atoms. The monoisotopic (exact) mass is 345 g/mol. The summed E-state index contributed by atoms with van der Waals surface area (Å²) >= 11 is 0. The smallest absolute Gasteiger partial charge is 0.251 e. The molecule has 0 fully saturated rings. The zero-order valence-corrected chi connectivity index (χ0v) is 15.8. The third kappa shape index (κ3) is 7.98. The van der Waals surface area contributed by atoms with Crippen LogP contribution in [0.25, 0.3) is 6.08 Å². The molecule has 25 heavy (non-hydrogen) atoms. The molecule has 0 bridgehead atoms. The highest BCUT2D eigenvalue weighted by molar-refractivity contribution is 5.94. The maximum Gasteiger partial charge on any atom is 0.251 e. The maximum absolute atomic E-state index is 12.0. The molecule has 0 radical (unpaired) electrons. The van der Waals surface area contributed by atoms with Gasteiger partial charge in [0.15, 0.2) is 0 Å². The summed E-state index contributed by atoms with van der Waals surface area (Å²) in [7, 11) is 1.60. The van der Waals surface area contributed by atoms with Gasteiger partial charge in [0.05, 0.1) is 0 Å². The molecule has 0 aliphatic heterocycles. The second-order valence-corrected chi connectivity index (χ2v) is 6.11. The number of nitrogens with one attached hydrogen (secondary N) is 2. The average Bonchev–Trinajstić information content (AvgIpc) is 2.63. The molecule has 0 saturated heterocycles. The van der Waals surface area contributed by atoms with Gasteiger partial charge in [-0.05, 0) is 63.2 Å². The van der Waals surface area contributed by atoms with Gasteiger partial charge >= 0.3 is 0 Å². The Morgan fingerprint density at radius 3 is 2.36 bits per heavy atom. The predicted molar refractivity (Wildman–Crippen MR) is 103 cm³/mol. The van der Waals surface area contributed by atoms with Crippen molar-refractivity contribution in [3.05, 3.63) is 41.5 Å². The lowest BCUT2D eigenvalue weighted by Gasteiger charge is -2.19. The van der Waals surface area contributed by atoms with Crippen molar-refractivity contribution < 1.29 is 9.59 Å². The lowest BCUT2D eigenvalue weighted by Crippen LogP contribution is -2.32. The molecule has 1 aromatic carbocycles. The van der Waals surface area contributed by atoms with Crippen LogP contribution in [0.4, 0.5) is 0 Å². The molecule has 0 unspecified atom stereocenters. The predicted octanol–water partition coefficient (Wildman–Crippen LogP) is 2.69. The van der Waals surface area contributed by atoms with Crippen LogP contribution in [-0.4, -0.2) is 49.4 Å². The summed E-state index contributed by atoms with van der Waals surface area (Å²) in [5.41, 5.74) is 1.49. The maximum atomic E-state index is 12.0. The van der Waals surface area contributed by atoms with Gasteiger partial charge in [0.25, 0.3) is 5.91 Å². The Balaban J connectivity index is 2.39. The third-order valence-electron chi connectivity index (χ3n) is 4.22. The summed E-state index contributed by atoms with van der Waals surface area (Å²) in [6, 6.07) is 7.28. The second-order valence-electron chi connectivity index (χ2n) is 6.11. The Hall–Kier alpha value is -2.14. The molecule has 0 aromatic heterocycles. The molecule has 5 nitrogen and oxygen atoms in total. The van der Waals surface area contributed by atoms with Crippen LogP contribution in [0.15, 0.2) is 30.3 Å². The fourth-order valence-electron chi connectivity index (χ4n) is 2.59. The molecule has 1 aromatic rings. The number of amides is 2. The topological polar surface area (TPSA) is 61.4 Å². The number of carbonyl (C=O) groups excluding carboxylic acids is 2. The normalized spacial score (nSPS) is 12.4. The molecule has 0 aliphatic rings. The minimum Gasteiger partial charge on any atom is -0.355 e. The Morgan fingerprint density at radius 1 is 1.16 bits per heavy atom. The third-order valence-corrected chi connectivity index (χ3v) is 4.22. The minimum atomic E-state index is -0.119. The highest BCUT2D eigenvalue weighted by Gasteiger charge is 2.06. The average molecular weight is 345 g/mol. The second kappa shape index (κ2) is 11.4. The van der Waals surface area contributed by atoms with Crippen LogP contribution in [-0.2, 0) is 4.79 Å². The van der Waals surface area contributed by atoms with E-state index in [1.807, 2.05) is 19.1 Å². The summed E-state index contributed by atoms with van der Waals surface area (Å²) in [4.78, 5) is 25.9. The molecule has 5 heteroatoms. The molecular weight excluding hydrogens is 314 g/mol. The van der Waals surface area contributed by atoms with E-state index in [9.17, 15) is 9.59 Å². The van der Waals surface area contributed by atoms with Gasteiger partial charge in [-0.2, -0.15) is 0 Å². The van der Waals surface area contributed by atoms with E-state index >= 15 is 0 Å². The van der Waals surface area contributed by atoms with E-state index in [-0.39, 0.29) is 17.9 Å². The number of carbonyl (C=O) groups is 2. The van der Waals surface area contributed by atoms with Crippen LogP contribution in [0.2, 0.25) is 0 Å². The zero-order valence-electron chi connectivity index (χ0n) is 15.8. The zero-order chi connectivity index (χ0) is 18.7. The van der Waals surface area contributed by atoms with Crippen molar-refractivity contribution in [2.75, 3.05) is 26.7 Å². The number of hydrogen-bond acceptors (Lipinski definition) is 3. The van der Waals surface area contributed by atoms with Crippen LogP contribution in [0, 0.1) is 0 Å². The highest BCUT2D eigenvalue weighted by Crippen LogP contribution is 2.06. The van der Waals surface area contributed by atoms with Crippen LogP contribution >= 0.6 is 0 Å². The SMILES string of the molecule is CCN(CC)CCC[C@@H](C)NC(=O)/C=C/c1ccc(C(=O)NC)cc1. The van der Waals surface area contributed by atoms with Crippen molar-refractivity contribution in [1.82, 2.24) is 15.5 Å². The van der Waals surface area contributed by atoms with E-state index in [1.165, 1.54) is 6.08 Å². The summed E-state index contributed by atoms with van der Waals surface area (Å²) in [5.74, 6) is -0.211. The molecule has 0 heterocycles. The van der Waals surface area contributed by atoms with Crippen molar-refractivity contribution in [3.63, 3.8) is 0 Å². The summed E-state index contributed by atoms with van der Waals surface area (Å²) < 4.78 is 0. The number of hydrogen-bond donors (Lipinski definition) is 2. The largest absolute Gasteiger partial charge is 0.355 e. The number of benzene rings is 1. The number of nitrogens with zero attached hydrogens (tertiary/aromatic N) is 1. The first-order valence-electron chi connectivity index (χ1n) is 9.03. The van der Waals surface area contributed by atoms with Gasteiger partial charge in [0.1, 0.15) is 0 Å². The first-order valence-corrected chi connectivity index (χ1v) is 9.03. The first-order chi connectivity index (χ1) is 12.0. The fourth-order valence-corrected chi connectivity index (χ4v) is 2.59. The van der Waals surface area contributed by atoms with E-state index in [0.717, 1.165) is 38.0 Å². The molecule has 2 amide bonds. The minimum absolute atomic E-state index is 0.0919. The van der Waals surface area contributed by atoms with E-state index in [2.05, 4.69) is 29.4 Å². The van der Waals surface area contributed by atoms with Gasteiger partial charge in [-0.25, -0.2) is 0 Å². The van der Waals surface area contributed by atoms with Gasteiger partial charge in [-0.3, -0.25) is 9.59 Å². The summed E-state index contributed by atoms with van der Waals surface area (Å²) in [6.45, 7) is 9.58. The Kier molecular flexibility index (Phi) is 9.55. The van der Waals surface area contributed by atoms with Crippen molar-refractivity contribution >= 4 is 17.9 Å². The van der Waals surface area contributed by atoms with Crippen LogP contribution in [0.1, 0.15) is 49.5 Å². The molecule has 0 saturated carbocycles. The lowest BCUT2D eigenvalue weighted by molar-refractivity contribution is -0.117. The van der Waals surface area contributed by atoms with E-state index in [0.29, 0.717) is 5.56 Å². The molecule has 1 atom stereocenters. The van der Waals surface area contributed by atoms with Crippen molar-refractivity contribution in [2.24, 2.45) is 0 Å². The van der Waals surface area contributed by atoms with Crippen LogP contribution in [0.3, 0.4) is 0 Å². The van der Waals surface area contributed by atoms with E-state index in [1.54, 1.807) is 25.3 Å². The first kappa shape index (κ1) is 20.9. The standard InChI is InChI=1S/C20H31N3O2/c1-5-23(6-2)15-7-8-16(3)22-19(24)14-11-17-9-12-18(13-10-17)20(25)21-4/h9-14,16H,5-8,15H2,1-4H3,(H,21,25)(H,22,24)/b14-11+/t16-/m1/s1. The van der Waals surface area contributed by atoms with Crippen molar-refractivity contribution in [2.45, 2.75) is 39.7 Å². The molecule has 1 rings (SSSR count). The van der Waals surface area contributed by atoms with E-state index in [4.69, 9.17) is 0 Å². The lowest BCUT2D eigenvalue weighted by atomic mass is 10.1. The summed E-state index contributed by atoms with van der Waals surface area (Å²) in [6.07, 6.45) is 5.34. The quantitative estimate of drug-likeness (QED) is 0.641. The summed E-state index contributed by atoms with van der Waals surface area (Å²) in [5, 5.41) is 5.57. The Morgan fingerprint density at radius 2 is 1.80 bits per heavy atom. The Bertz CT molecular complexity index is 563. The van der Waals surface area contributed by atoms with E-state index < -0.39 is 0 Å². The number of rotatable bonds is 10. The van der Waals surface area contributed by atoms with Gasteiger partial charge in [-0.15, -0.1) is 0 Å².